The van der Waals surface area contributed by atoms with Gasteiger partial charge in [-0.25, -0.2) is 0 Å². The smallest absolute Gasteiger partial charge is 0.244 e. The molecule has 2 aromatic heterocycles. The van der Waals surface area contributed by atoms with Crippen LogP contribution in [0.2, 0.25) is 0 Å². The Hall–Kier alpha value is -1.95. The molecule has 0 unspecified atom stereocenters. The third-order valence-electron chi connectivity index (χ3n) is 4.09. The fourth-order valence-electron chi connectivity index (χ4n) is 2.70. The van der Waals surface area contributed by atoms with Crippen LogP contribution >= 0.6 is 0 Å². The van der Waals surface area contributed by atoms with Crippen molar-refractivity contribution >= 4 is 5.95 Å². The minimum atomic E-state index is 0.656. The predicted molar refractivity (Wildman–Crippen MR) is 82.0 cm³/mol. The van der Waals surface area contributed by atoms with Gasteiger partial charge in [0.15, 0.2) is 0 Å². The number of rotatable bonds is 5. The summed E-state index contributed by atoms with van der Waals surface area (Å²) < 4.78 is 0. The standard InChI is InChI=1S/C15H22N6/c16-11-12-6-9-21(10-7-12)15-18-14(19-20-15)5-4-13-3-1-2-8-17-13/h1-3,8,12H,4-7,9-11,16H2,(H,18,19,20). The summed E-state index contributed by atoms with van der Waals surface area (Å²) in [5.41, 5.74) is 6.81. The van der Waals surface area contributed by atoms with Gasteiger partial charge in [0.1, 0.15) is 5.82 Å². The van der Waals surface area contributed by atoms with E-state index in [1.165, 1.54) is 0 Å². The number of pyridine rings is 1. The summed E-state index contributed by atoms with van der Waals surface area (Å²) in [6, 6.07) is 5.98. The summed E-state index contributed by atoms with van der Waals surface area (Å²) in [7, 11) is 0. The Morgan fingerprint density at radius 2 is 2.10 bits per heavy atom. The molecule has 0 amide bonds. The molecule has 6 nitrogen and oxygen atoms in total. The van der Waals surface area contributed by atoms with E-state index in [1.54, 1.807) is 0 Å². The molecular formula is C15H22N6. The zero-order valence-electron chi connectivity index (χ0n) is 12.2. The summed E-state index contributed by atoms with van der Waals surface area (Å²) in [5, 5.41) is 7.38. The number of aromatic amines is 1. The molecule has 1 fully saturated rings. The van der Waals surface area contributed by atoms with Crippen molar-refractivity contribution < 1.29 is 0 Å². The van der Waals surface area contributed by atoms with Gasteiger partial charge in [-0.1, -0.05) is 6.07 Å². The van der Waals surface area contributed by atoms with Crippen LogP contribution in [-0.4, -0.2) is 39.8 Å². The lowest BCUT2D eigenvalue weighted by Gasteiger charge is -2.30. The van der Waals surface area contributed by atoms with Crippen molar-refractivity contribution in [3.05, 3.63) is 35.9 Å². The molecule has 0 bridgehead atoms. The lowest BCUT2D eigenvalue weighted by Crippen LogP contribution is -2.36. The highest BCUT2D eigenvalue weighted by Gasteiger charge is 2.20. The van der Waals surface area contributed by atoms with Gasteiger partial charge < -0.3 is 10.6 Å². The molecular weight excluding hydrogens is 264 g/mol. The molecule has 6 heteroatoms. The summed E-state index contributed by atoms with van der Waals surface area (Å²) in [6.45, 7) is 2.79. The largest absolute Gasteiger partial charge is 0.340 e. The highest BCUT2D eigenvalue weighted by Crippen LogP contribution is 2.19. The van der Waals surface area contributed by atoms with Gasteiger partial charge in [-0.05, 0) is 43.9 Å². The third-order valence-corrected chi connectivity index (χ3v) is 4.09. The van der Waals surface area contributed by atoms with Crippen molar-refractivity contribution in [1.29, 1.82) is 0 Å². The van der Waals surface area contributed by atoms with Gasteiger partial charge >= 0.3 is 0 Å². The van der Waals surface area contributed by atoms with Gasteiger partial charge in [0, 0.05) is 31.4 Å². The zero-order chi connectivity index (χ0) is 14.5. The molecule has 0 atom stereocenters. The molecule has 0 saturated carbocycles. The van der Waals surface area contributed by atoms with E-state index in [-0.39, 0.29) is 0 Å². The quantitative estimate of drug-likeness (QED) is 0.861. The fraction of sp³-hybridized carbons (Fsp3) is 0.533. The molecule has 0 aromatic carbocycles. The monoisotopic (exact) mass is 286 g/mol. The number of hydrogen-bond donors (Lipinski definition) is 2. The highest BCUT2D eigenvalue weighted by molar-refractivity contribution is 5.29. The first kappa shape index (κ1) is 14.0. The van der Waals surface area contributed by atoms with Gasteiger partial charge in [0.25, 0.3) is 0 Å². The molecule has 3 N–H and O–H groups in total. The number of piperidine rings is 1. The van der Waals surface area contributed by atoms with Crippen LogP contribution in [0.25, 0.3) is 0 Å². The predicted octanol–water partition coefficient (Wildman–Crippen LogP) is 1.16. The minimum Gasteiger partial charge on any atom is -0.340 e. The number of hydrogen-bond acceptors (Lipinski definition) is 5. The average Bonchev–Trinajstić information content (AvgIpc) is 3.03. The van der Waals surface area contributed by atoms with Crippen molar-refractivity contribution in [2.24, 2.45) is 11.7 Å². The van der Waals surface area contributed by atoms with Crippen molar-refractivity contribution in [2.45, 2.75) is 25.7 Å². The Kier molecular flexibility index (Phi) is 4.45. The Labute approximate surface area is 124 Å². The van der Waals surface area contributed by atoms with E-state index in [0.717, 1.165) is 62.8 Å². The Morgan fingerprint density at radius 1 is 1.24 bits per heavy atom. The Balaban J connectivity index is 1.54. The van der Waals surface area contributed by atoms with E-state index in [9.17, 15) is 0 Å². The van der Waals surface area contributed by atoms with Crippen molar-refractivity contribution in [3.8, 4) is 0 Å². The van der Waals surface area contributed by atoms with Crippen LogP contribution in [0.4, 0.5) is 5.95 Å². The highest BCUT2D eigenvalue weighted by atomic mass is 15.4. The zero-order valence-corrected chi connectivity index (χ0v) is 12.2. The average molecular weight is 286 g/mol. The van der Waals surface area contributed by atoms with E-state index in [1.807, 2.05) is 24.4 Å². The van der Waals surface area contributed by atoms with Crippen LogP contribution in [0.1, 0.15) is 24.4 Å². The molecule has 1 saturated heterocycles. The summed E-state index contributed by atoms with van der Waals surface area (Å²) in [5.74, 6) is 2.40. The van der Waals surface area contributed by atoms with Crippen LogP contribution < -0.4 is 10.6 Å². The van der Waals surface area contributed by atoms with Crippen LogP contribution in [0.3, 0.4) is 0 Å². The van der Waals surface area contributed by atoms with Gasteiger partial charge in [-0.2, -0.15) is 4.98 Å². The molecule has 0 aliphatic carbocycles. The van der Waals surface area contributed by atoms with E-state index in [2.05, 4.69) is 25.1 Å². The van der Waals surface area contributed by atoms with Crippen molar-refractivity contribution in [3.63, 3.8) is 0 Å². The molecule has 112 valence electrons. The van der Waals surface area contributed by atoms with E-state index >= 15 is 0 Å². The van der Waals surface area contributed by atoms with Crippen molar-refractivity contribution in [2.75, 3.05) is 24.5 Å². The number of nitrogens with one attached hydrogen (secondary N) is 1. The summed E-state index contributed by atoms with van der Waals surface area (Å²) in [6.07, 6.45) is 5.80. The lowest BCUT2D eigenvalue weighted by atomic mass is 9.97. The first-order chi connectivity index (χ1) is 10.3. The SMILES string of the molecule is NCC1CCN(c2n[nH]c(CCc3ccccn3)n2)CC1. The van der Waals surface area contributed by atoms with E-state index < -0.39 is 0 Å². The molecule has 3 rings (SSSR count). The normalized spacial score (nSPS) is 16.3. The molecule has 2 aromatic rings. The number of aryl methyl sites for hydroxylation is 2. The van der Waals surface area contributed by atoms with Gasteiger partial charge in [0.05, 0.1) is 0 Å². The Bertz CT molecular complexity index is 544. The molecule has 21 heavy (non-hydrogen) atoms. The van der Waals surface area contributed by atoms with Crippen LogP contribution in [0.15, 0.2) is 24.4 Å². The van der Waals surface area contributed by atoms with Gasteiger partial charge in [0.2, 0.25) is 5.95 Å². The molecule has 3 heterocycles. The Morgan fingerprint density at radius 3 is 2.81 bits per heavy atom. The first-order valence-electron chi connectivity index (χ1n) is 7.61. The third kappa shape index (κ3) is 3.58. The maximum Gasteiger partial charge on any atom is 0.244 e. The maximum atomic E-state index is 5.72. The maximum absolute atomic E-state index is 5.72. The number of anilines is 1. The summed E-state index contributed by atoms with van der Waals surface area (Å²) in [4.78, 5) is 11.2. The second kappa shape index (κ2) is 6.67. The molecule has 0 radical (unpaired) electrons. The molecule has 1 aliphatic heterocycles. The minimum absolute atomic E-state index is 0.656. The second-order valence-electron chi connectivity index (χ2n) is 5.57. The van der Waals surface area contributed by atoms with Crippen LogP contribution in [0, 0.1) is 5.92 Å². The first-order valence-corrected chi connectivity index (χ1v) is 7.61. The van der Waals surface area contributed by atoms with Crippen LogP contribution in [-0.2, 0) is 12.8 Å². The number of H-pyrrole nitrogens is 1. The van der Waals surface area contributed by atoms with Gasteiger partial charge in [-0.15, -0.1) is 5.10 Å². The molecule has 1 aliphatic rings. The van der Waals surface area contributed by atoms with E-state index in [4.69, 9.17) is 5.73 Å². The van der Waals surface area contributed by atoms with Crippen LogP contribution in [0.5, 0.6) is 0 Å². The van der Waals surface area contributed by atoms with Crippen molar-refractivity contribution in [1.82, 2.24) is 20.2 Å². The second-order valence-corrected chi connectivity index (χ2v) is 5.57. The number of nitrogens with zero attached hydrogens (tertiary/aromatic N) is 4. The number of aromatic nitrogens is 4. The van der Waals surface area contributed by atoms with Gasteiger partial charge in [-0.3, -0.25) is 10.1 Å². The summed E-state index contributed by atoms with van der Waals surface area (Å²) >= 11 is 0. The van der Waals surface area contributed by atoms with E-state index in [0.29, 0.717) is 5.92 Å². The fourth-order valence-corrected chi connectivity index (χ4v) is 2.70. The topological polar surface area (TPSA) is 83.7 Å². The lowest BCUT2D eigenvalue weighted by molar-refractivity contribution is 0.411. The number of nitrogens with two attached hydrogens (primary N) is 1. The molecule has 0 spiro atoms.